The molecule has 0 aromatic rings. The lowest BCUT2D eigenvalue weighted by molar-refractivity contribution is -0.137. The van der Waals surface area contributed by atoms with Gasteiger partial charge in [-0.25, -0.2) is 4.79 Å². The third-order valence-electron chi connectivity index (χ3n) is 2.90. The maximum Gasteiger partial charge on any atom is 0.407 e. The molecular weight excluding hydrogens is 248 g/mol. The Kier molecular flexibility index (Phi) is 6.62. The van der Waals surface area contributed by atoms with Gasteiger partial charge in [-0.1, -0.05) is 13.8 Å². The van der Waals surface area contributed by atoms with Gasteiger partial charge in [-0.2, -0.15) is 0 Å². The normalized spacial score (nSPS) is 17.2. The summed E-state index contributed by atoms with van der Waals surface area (Å²) in [5, 5.41) is 2.65. The van der Waals surface area contributed by atoms with E-state index in [2.05, 4.69) is 5.32 Å². The van der Waals surface area contributed by atoms with Crippen molar-refractivity contribution < 1.29 is 19.1 Å². The van der Waals surface area contributed by atoms with Gasteiger partial charge >= 0.3 is 6.09 Å². The Morgan fingerprint density at radius 1 is 1.32 bits per heavy atom. The Hall–Kier alpha value is -1.30. The van der Waals surface area contributed by atoms with Crippen LogP contribution >= 0.6 is 0 Å². The van der Waals surface area contributed by atoms with Crippen LogP contribution in [-0.2, 0) is 14.3 Å². The average Bonchev–Trinajstić information content (AvgIpc) is 2.38. The Morgan fingerprint density at radius 3 is 2.47 bits per heavy atom. The molecule has 19 heavy (non-hydrogen) atoms. The van der Waals surface area contributed by atoms with Crippen LogP contribution in [0.15, 0.2) is 0 Å². The van der Waals surface area contributed by atoms with Gasteiger partial charge in [0.2, 0.25) is 5.91 Å². The monoisotopic (exact) mass is 272 g/mol. The summed E-state index contributed by atoms with van der Waals surface area (Å²) in [5.74, 6) is 0.266. The minimum atomic E-state index is -0.533. The predicted molar refractivity (Wildman–Crippen MR) is 70.8 cm³/mol. The summed E-state index contributed by atoms with van der Waals surface area (Å²) in [6, 6.07) is -0.517. The first kappa shape index (κ1) is 15.8. The van der Waals surface area contributed by atoms with Crippen molar-refractivity contribution >= 4 is 12.0 Å². The van der Waals surface area contributed by atoms with Gasteiger partial charge in [0.1, 0.15) is 6.04 Å². The molecule has 0 aromatic carbocycles. The van der Waals surface area contributed by atoms with E-state index in [0.717, 1.165) is 0 Å². The zero-order chi connectivity index (χ0) is 14.3. The van der Waals surface area contributed by atoms with Crippen molar-refractivity contribution in [1.29, 1.82) is 0 Å². The van der Waals surface area contributed by atoms with Crippen molar-refractivity contribution in [3.05, 3.63) is 0 Å². The molecule has 6 nitrogen and oxygen atoms in total. The van der Waals surface area contributed by atoms with Crippen molar-refractivity contribution in [2.45, 2.75) is 33.2 Å². The fraction of sp³-hybridized carbons (Fsp3) is 0.846. The first-order valence-corrected chi connectivity index (χ1v) is 6.84. The highest BCUT2D eigenvalue weighted by molar-refractivity contribution is 5.85. The molecule has 0 saturated carbocycles. The molecule has 0 radical (unpaired) electrons. The van der Waals surface area contributed by atoms with Gasteiger partial charge in [0.25, 0.3) is 0 Å². The minimum absolute atomic E-state index is 0.0509. The molecule has 1 aliphatic heterocycles. The fourth-order valence-corrected chi connectivity index (χ4v) is 2.01. The van der Waals surface area contributed by atoms with Crippen LogP contribution in [-0.4, -0.2) is 55.9 Å². The summed E-state index contributed by atoms with van der Waals surface area (Å²) in [6.45, 7) is 8.35. The molecular formula is C13H24N2O4. The summed E-state index contributed by atoms with van der Waals surface area (Å²) in [6.07, 6.45) is 0.0735. The molecule has 2 amide bonds. The quantitative estimate of drug-likeness (QED) is 0.811. The average molecular weight is 272 g/mol. The highest BCUT2D eigenvalue weighted by Gasteiger charge is 2.28. The van der Waals surface area contributed by atoms with Crippen molar-refractivity contribution in [1.82, 2.24) is 10.2 Å². The number of hydrogen-bond acceptors (Lipinski definition) is 4. The fourth-order valence-electron chi connectivity index (χ4n) is 2.01. The van der Waals surface area contributed by atoms with Crippen molar-refractivity contribution in [2.75, 3.05) is 32.9 Å². The number of nitrogens with one attached hydrogen (secondary N) is 1. The summed E-state index contributed by atoms with van der Waals surface area (Å²) >= 11 is 0. The van der Waals surface area contributed by atoms with Gasteiger partial charge in [0.15, 0.2) is 0 Å². The third-order valence-corrected chi connectivity index (χ3v) is 2.90. The van der Waals surface area contributed by atoms with E-state index in [1.54, 1.807) is 11.8 Å². The van der Waals surface area contributed by atoms with Gasteiger partial charge in [0, 0.05) is 13.1 Å². The molecule has 0 unspecified atom stereocenters. The molecule has 1 fully saturated rings. The van der Waals surface area contributed by atoms with Crippen LogP contribution in [0, 0.1) is 5.92 Å². The van der Waals surface area contributed by atoms with E-state index in [9.17, 15) is 9.59 Å². The number of amides is 2. The molecule has 0 bridgehead atoms. The second-order valence-corrected chi connectivity index (χ2v) is 4.98. The second kappa shape index (κ2) is 7.99. The Labute approximate surface area is 114 Å². The van der Waals surface area contributed by atoms with Gasteiger partial charge in [-0.3, -0.25) is 4.79 Å². The summed E-state index contributed by atoms with van der Waals surface area (Å²) in [4.78, 5) is 25.6. The number of ether oxygens (including phenoxy) is 2. The molecule has 6 heteroatoms. The highest BCUT2D eigenvalue weighted by atomic mass is 16.5. The predicted octanol–water partition coefficient (Wildman–Crippen LogP) is 1.01. The van der Waals surface area contributed by atoms with Crippen molar-refractivity contribution in [2.24, 2.45) is 5.92 Å². The smallest absolute Gasteiger partial charge is 0.407 e. The topological polar surface area (TPSA) is 67.9 Å². The van der Waals surface area contributed by atoms with Crippen LogP contribution in [0.1, 0.15) is 27.2 Å². The van der Waals surface area contributed by atoms with E-state index in [-0.39, 0.29) is 5.91 Å². The molecule has 1 saturated heterocycles. The van der Waals surface area contributed by atoms with E-state index in [1.807, 2.05) is 13.8 Å². The zero-order valence-electron chi connectivity index (χ0n) is 12.0. The van der Waals surface area contributed by atoms with E-state index in [1.165, 1.54) is 0 Å². The van der Waals surface area contributed by atoms with Gasteiger partial charge in [-0.15, -0.1) is 0 Å². The summed E-state index contributed by atoms with van der Waals surface area (Å²) < 4.78 is 10.1. The van der Waals surface area contributed by atoms with Crippen molar-refractivity contribution in [3.8, 4) is 0 Å². The number of carbonyl (C=O) groups excluding carboxylic acids is 2. The molecule has 1 heterocycles. The number of morpholine rings is 1. The molecule has 0 spiro atoms. The van der Waals surface area contributed by atoms with E-state index < -0.39 is 12.1 Å². The molecule has 1 atom stereocenters. The van der Waals surface area contributed by atoms with Crippen LogP contribution in [0.4, 0.5) is 4.79 Å². The first-order valence-electron chi connectivity index (χ1n) is 6.84. The summed E-state index contributed by atoms with van der Waals surface area (Å²) in [5.41, 5.74) is 0. The molecule has 0 aromatic heterocycles. The van der Waals surface area contributed by atoms with Crippen molar-refractivity contribution in [3.63, 3.8) is 0 Å². The molecule has 110 valence electrons. The summed E-state index contributed by atoms with van der Waals surface area (Å²) in [7, 11) is 0. The second-order valence-electron chi connectivity index (χ2n) is 4.98. The maximum atomic E-state index is 12.4. The third kappa shape index (κ3) is 5.46. The molecule has 1 aliphatic rings. The minimum Gasteiger partial charge on any atom is -0.450 e. The number of carbonyl (C=O) groups is 2. The number of hydrogen-bond donors (Lipinski definition) is 1. The van der Waals surface area contributed by atoms with Gasteiger partial charge in [-0.05, 0) is 19.3 Å². The van der Waals surface area contributed by atoms with Crippen LogP contribution in [0.25, 0.3) is 0 Å². The lowest BCUT2D eigenvalue weighted by Crippen LogP contribution is -2.52. The van der Waals surface area contributed by atoms with E-state index in [0.29, 0.717) is 45.2 Å². The first-order chi connectivity index (χ1) is 9.04. The molecule has 1 N–H and O–H groups in total. The number of rotatable bonds is 5. The SMILES string of the molecule is CCOC(=O)N[C@@H](CC(C)C)C(=O)N1CCOCC1. The Morgan fingerprint density at radius 2 is 1.95 bits per heavy atom. The number of alkyl carbamates (subject to hydrolysis) is 1. The van der Waals surface area contributed by atoms with E-state index in [4.69, 9.17) is 9.47 Å². The largest absolute Gasteiger partial charge is 0.450 e. The Bertz CT molecular complexity index is 301. The highest BCUT2D eigenvalue weighted by Crippen LogP contribution is 2.10. The maximum absolute atomic E-state index is 12.4. The molecule has 1 rings (SSSR count). The zero-order valence-corrected chi connectivity index (χ0v) is 12.0. The van der Waals surface area contributed by atoms with Gasteiger partial charge in [0.05, 0.1) is 19.8 Å². The van der Waals surface area contributed by atoms with Crippen LogP contribution in [0.5, 0.6) is 0 Å². The van der Waals surface area contributed by atoms with Crippen LogP contribution in [0.3, 0.4) is 0 Å². The Balaban J connectivity index is 2.60. The van der Waals surface area contributed by atoms with Gasteiger partial charge < -0.3 is 19.7 Å². The number of nitrogens with zero attached hydrogens (tertiary/aromatic N) is 1. The lowest BCUT2D eigenvalue weighted by atomic mass is 10.0. The van der Waals surface area contributed by atoms with E-state index >= 15 is 0 Å². The van der Waals surface area contributed by atoms with Crippen LogP contribution in [0.2, 0.25) is 0 Å². The standard InChI is InChI=1S/C13H24N2O4/c1-4-19-13(17)14-11(9-10(2)3)12(16)15-5-7-18-8-6-15/h10-11H,4-9H2,1-3H3,(H,14,17)/t11-/m0/s1. The lowest BCUT2D eigenvalue weighted by Gasteiger charge is -2.31. The molecule has 0 aliphatic carbocycles. The van der Waals surface area contributed by atoms with Crippen LogP contribution < -0.4 is 5.32 Å².